The van der Waals surface area contributed by atoms with Crippen molar-refractivity contribution >= 4 is 15.7 Å². The topological polar surface area (TPSA) is 66.5 Å². The molecule has 5 nitrogen and oxygen atoms in total. The summed E-state index contributed by atoms with van der Waals surface area (Å²) in [5, 5.41) is 3.11. The second-order valence-electron chi connectivity index (χ2n) is 7.60. The van der Waals surface area contributed by atoms with Gasteiger partial charge >= 0.3 is 0 Å². The fourth-order valence-electron chi connectivity index (χ4n) is 4.21. The summed E-state index contributed by atoms with van der Waals surface area (Å²) in [6, 6.07) is 10.4. The lowest BCUT2D eigenvalue weighted by molar-refractivity contribution is -0.122. The zero-order valence-electron chi connectivity index (χ0n) is 14.9. The van der Waals surface area contributed by atoms with Crippen LogP contribution in [0.1, 0.15) is 37.7 Å². The van der Waals surface area contributed by atoms with E-state index in [0.29, 0.717) is 13.0 Å². The molecule has 138 valence electrons. The highest BCUT2D eigenvalue weighted by molar-refractivity contribution is 7.91. The Morgan fingerprint density at radius 2 is 1.92 bits per heavy atom. The van der Waals surface area contributed by atoms with E-state index in [1.165, 1.54) is 18.4 Å². The molecular formula is C19H28N2O3S. The number of sulfone groups is 1. The van der Waals surface area contributed by atoms with Gasteiger partial charge in [0.15, 0.2) is 9.84 Å². The molecule has 2 aliphatic rings. The normalized spacial score (nSPS) is 24.5. The van der Waals surface area contributed by atoms with Crippen LogP contribution in [0, 0.1) is 0 Å². The number of amides is 1. The summed E-state index contributed by atoms with van der Waals surface area (Å²) in [5.74, 6) is 0.389. The lowest BCUT2D eigenvalue weighted by Crippen LogP contribution is -2.45. The predicted molar refractivity (Wildman–Crippen MR) is 99.3 cm³/mol. The van der Waals surface area contributed by atoms with Gasteiger partial charge in [0.25, 0.3) is 0 Å². The maximum atomic E-state index is 12.4. The van der Waals surface area contributed by atoms with E-state index in [1.54, 1.807) is 0 Å². The summed E-state index contributed by atoms with van der Waals surface area (Å²) < 4.78 is 23.2. The Morgan fingerprint density at radius 3 is 2.52 bits per heavy atom. The second kappa shape index (κ2) is 7.46. The van der Waals surface area contributed by atoms with Crippen LogP contribution in [0.25, 0.3) is 0 Å². The van der Waals surface area contributed by atoms with Crippen molar-refractivity contribution in [2.24, 2.45) is 0 Å². The van der Waals surface area contributed by atoms with Gasteiger partial charge in [-0.3, -0.25) is 9.69 Å². The van der Waals surface area contributed by atoms with Crippen molar-refractivity contribution < 1.29 is 13.2 Å². The highest BCUT2D eigenvalue weighted by Crippen LogP contribution is 2.40. The van der Waals surface area contributed by atoms with Gasteiger partial charge in [0, 0.05) is 18.0 Å². The molecule has 1 heterocycles. The van der Waals surface area contributed by atoms with Gasteiger partial charge in [-0.1, -0.05) is 43.2 Å². The van der Waals surface area contributed by atoms with Gasteiger partial charge in [0.1, 0.15) is 0 Å². The van der Waals surface area contributed by atoms with Crippen LogP contribution in [0.4, 0.5) is 0 Å². The lowest BCUT2D eigenvalue weighted by Gasteiger charge is -2.31. The van der Waals surface area contributed by atoms with E-state index in [1.807, 2.05) is 18.0 Å². The lowest BCUT2D eigenvalue weighted by atomic mass is 9.79. The van der Waals surface area contributed by atoms with E-state index in [9.17, 15) is 13.2 Å². The van der Waals surface area contributed by atoms with Crippen molar-refractivity contribution in [3.63, 3.8) is 0 Å². The zero-order chi connectivity index (χ0) is 17.9. The van der Waals surface area contributed by atoms with Crippen molar-refractivity contribution in [2.45, 2.75) is 43.6 Å². The number of rotatable bonds is 6. The molecule has 1 unspecified atom stereocenters. The van der Waals surface area contributed by atoms with Crippen LogP contribution < -0.4 is 5.32 Å². The minimum atomic E-state index is -2.92. The Labute approximate surface area is 150 Å². The summed E-state index contributed by atoms with van der Waals surface area (Å²) in [6.07, 6.45) is 5.23. The van der Waals surface area contributed by atoms with Crippen molar-refractivity contribution in [1.29, 1.82) is 0 Å². The SMILES string of the molecule is CN(CC(=O)NCC1(c2ccccc2)CCCC1)C1CCS(=O)(=O)C1. The van der Waals surface area contributed by atoms with Crippen LogP contribution in [0.3, 0.4) is 0 Å². The first-order valence-electron chi connectivity index (χ1n) is 9.13. The first-order valence-corrected chi connectivity index (χ1v) is 11.0. The van der Waals surface area contributed by atoms with Crippen molar-refractivity contribution in [3.8, 4) is 0 Å². The second-order valence-corrected chi connectivity index (χ2v) is 9.83. The average molecular weight is 365 g/mol. The number of carbonyl (C=O) groups is 1. The fourth-order valence-corrected chi connectivity index (χ4v) is 6.02. The van der Waals surface area contributed by atoms with Gasteiger partial charge in [0.2, 0.25) is 5.91 Å². The van der Waals surface area contributed by atoms with Crippen LogP contribution in [0.15, 0.2) is 30.3 Å². The third kappa shape index (κ3) is 4.42. The molecule has 0 radical (unpaired) electrons. The highest BCUT2D eigenvalue weighted by atomic mass is 32.2. The Kier molecular flexibility index (Phi) is 5.49. The molecule has 1 atom stereocenters. The van der Waals surface area contributed by atoms with Crippen LogP contribution >= 0.6 is 0 Å². The minimum Gasteiger partial charge on any atom is -0.354 e. The number of nitrogens with one attached hydrogen (secondary N) is 1. The Hall–Kier alpha value is -1.40. The average Bonchev–Trinajstić information content (AvgIpc) is 3.21. The number of likely N-dealkylation sites (N-methyl/N-ethyl adjacent to an activating group) is 1. The molecule has 1 saturated carbocycles. The molecule has 0 aromatic heterocycles. The number of hydrogen-bond acceptors (Lipinski definition) is 4. The predicted octanol–water partition coefficient (Wildman–Crippen LogP) is 1.73. The van der Waals surface area contributed by atoms with Crippen LogP contribution in [-0.4, -0.2) is 56.9 Å². The molecule has 1 aliphatic heterocycles. The fraction of sp³-hybridized carbons (Fsp3) is 0.632. The van der Waals surface area contributed by atoms with E-state index < -0.39 is 9.84 Å². The molecular weight excluding hydrogens is 336 g/mol. The third-order valence-electron chi connectivity index (χ3n) is 5.80. The van der Waals surface area contributed by atoms with Crippen LogP contribution in [0.2, 0.25) is 0 Å². The monoisotopic (exact) mass is 364 g/mol. The Morgan fingerprint density at radius 1 is 1.24 bits per heavy atom. The molecule has 1 N–H and O–H groups in total. The molecule has 1 aromatic rings. The molecule has 3 rings (SSSR count). The highest BCUT2D eigenvalue weighted by Gasteiger charge is 2.36. The molecule has 1 aromatic carbocycles. The standard InChI is InChI=1S/C19H28N2O3S/c1-21(17-9-12-25(23,24)14-17)13-18(22)20-15-19(10-5-6-11-19)16-7-3-2-4-8-16/h2-4,7-8,17H,5-6,9-15H2,1H3,(H,20,22). The molecule has 6 heteroatoms. The number of benzene rings is 1. The number of nitrogens with zero attached hydrogens (tertiary/aromatic N) is 1. The van der Waals surface area contributed by atoms with Gasteiger partial charge in [-0.15, -0.1) is 0 Å². The molecule has 25 heavy (non-hydrogen) atoms. The summed E-state index contributed by atoms with van der Waals surface area (Å²) in [4.78, 5) is 14.3. The minimum absolute atomic E-state index is 0.0194. The molecule has 0 spiro atoms. The zero-order valence-corrected chi connectivity index (χ0v) is 15.7. The van der Waals surface area contributed by atoms with E-state index in [0.717, 1.165) is 12.8 Å². The van der Waals surface area contributed by atoms with Gasteiger partial charge in [-0.2, -0.15) is 0 Å². The van der Waals surface area contributed by atoms with Gasteiger partial charge in [-0.25, -0.2) is 8.42 Å². The largest absolute Gasteiger partial charge is 0.354 e. The van der Waals surface area contributed by atoms with Crippen molar-refractivity contribution in [3.05, 3.63) is 35.9 Å². The quantitative estimate of drug-likeness (QED) is 0.835. The van der Waals surface area contributed by atoms with E-state index in [2.05, 4.69) is 29.6 Å². The molecule has 2 fully saturated rings. The van der Waals surface area contributed by atoms with Gasteiger partial charge < -0.3 is 5.32 Å². The summed E-state index contributed by atoms with van der Waals surface area (Å²) in [7, 11) is -1.08. The Bertz CT molecular complexity index is 697. The maximum Gasteiger partial charge on any atom is 0.234 e. The first kappa shape index (κ1) is 18.4. The Balaban J connectivity index is 1.56. The van der Waals surface area contributed by atoms with Crippen LogP contribution in [-0.2, 0) is 20.0 Å². The summed E-state index contributed by atoms with van der Waals surface area (Å²) in [5.41, 5.74) is 1.36. The molecule has 1 amide bonds. The van der Waals surface area contributed by atoms with Crippen LogP contribution in [0.5, 0.6) is 0 Å². The third-order valence-corrected chi connectivity index (χ3v) is 7.55. The molecule has 0 bridgehead atoms. The number of hydrogen-bond donors (Lipinski definition) is 1. The number of carbonyl (C=O) groups excluding carboxylic acids is 1. The molecule has 1 aliphatic carbocycles. The van der Waals surface area contributed by atoms with E-state index in [-0.39, 0.29) is 35.4 Å². The maximum absolute atomic E-state index is 12.4. The van der Waals surface area contributed by atoms with E-state index >= 15 is 0 Å². The summed E-state index contributed by atoms with van der Waals surface area (Å²) >= 11 is 0. The molecule has 1 saturated heterocycles. The van der Waals surface area contributed by atoms with E-state index in [4.69, 9.17) is 0 Å². The summed E-state index contributed by atoms with van der Waals surface area (Å²) in [6.45, 7) is 0.914. The van der Waals surface area contributed by atoms with Gasteiger partial charge in [-0.05, 0) is 31.9 Å². The first-order chi connectivity index (χ1) is 11.9. The van der Waals surface area contributed by atoms with Gasteiger partial charge in [0.05, 0.1) is 18.1 Å². The van der Waals surface area contributed by atoms with Crippen molar-refractivity contribution in [2.75, 3.05) is 31.6 Å². The smallest absolute Gasteiger partial charge is 0.234 e. The van der Waals surface area contributed by atoms with Crippen molar-refractivity contribution in [1.82, 2.24) is 10.2 Å².